The maximum absolute atomic E-state index is 13.2. The molecular weight excluding hydrogens is 328 g/mol. The number of aromatic nitrogens is 2. The van der Waals surface area contributed by atoms with Gasteiger partial charge < -0.3 is 14.4 Å². The minimum Gasteiger partial charge on any atom is -0.367 e. The molecule has 2 atom stereocenters. The Hall–Kier alpha value is -2.50. The van der Waals surface area contributed by atoms with Gasteiger partial charge in [0.1, 0.15) is 0 Å². The molecule has 1 N–H and O–H groups in total. The molecule has 1 aromatic carbocycles. The molecule has 0 saturated carbocycles. The predicted octanol–water partition coefficient (Wildman–Crippen LogP) is 2.94. The van der Waals surface area contributed by atoms with Gasteiger partial charge in [-0.05, 0) is 30.2 Å². The molecule has 5 heteroatoms. The second-order valence-electron chi connectivity index (χ2n) is 7.44. The van der Waals surface area contributed by atoms with Crippen LogP contribution in [0.1, 0.15) is 37.0 Å². The number of aliphatic hydroxyl groups is 1. The molecule has 0 saturated heterocycles. The molecule has 132 valence electrons. The van der Waals surface area contributed by atoms with E-state index in [2.05, 4.69) is 6.07 Å². The van der Waals surface area contributed by atoms with Crippen LogP contribution in [0.3, 0.4) is 0 Å². The van der Waals surface area contributed by atoms with Crippen molar-refractivity contribution in [3.63, 3.8) is 0 Å². The first-order valence-corrected chi connectivity index (χ1v) is 8.99. The van der Waals surface area contributed by atoms with Crippen LogP contribution in [0.2, 0.25) is 0 Å². The van der Waals surface area contributed by atoms with E-state index in [4.69, 9.17) is 9.72 Å². The highest BCUT2D eigenvalue weighted by Crippen LogP contribution is 2.41. The van der Waals surface area contributed by atoms with Crippen LogP contribution >= 0.6 is 0 Å². The summed E-state index contributed by atoms with van der Waals surface area (Å²) in [4.78, 5) is 18.0. The Bertz CT molecular complexity index is 1120. The number of pyridine rings is 2. The number of para-hydroxylation sites is 1. The van der Waals surface area contributed by atoms with Gasteiger partial charge in [-0.1, -0.05) is 32.0 Å². The van der Waals surface area contributed by atoms with Crippen LogP contribution in [0.4, 0.5) is 0 Å². The zero-order valence-electron chi connectivity index (χ0n) is 14.8. The smallest absolute Gasteiger partial charge is 0.257 e. The van der Waals surface area contributed by atoms with E-state index in [0.29, 0.717) is 18.5 Å². The van der Waals surface area contributed by atoms with Crippen molar-refractivity contribution in [3.8, 4) is 11.4 Å². The van der Waals surface area contributed by atoms with Crippen LogP contribution in [0.25, 0.3) is 22.3 Å². The summed E-state index contributed by atoms with van der Waals surface area (Å²) in [5.74, 6) is 0. The summed E-state index contributed by atoms with van der Waals surface area (Å²) in [6.45, 7) is 4.64. The fourth-order valence-electron chi connectivity index (χ4n) is 4.21. The molecule has 2 aromatic heterocycles. The highest BCUT2D eigenvalue weighted by molar-refractivity contribution is 5.84. The molecule has 3 aromatic rings. The molecular formula is C21H20N2O3. The number of fused-ring (bicyclic) bond motifs is 5. The Kier molecular flexibility index (Phi) is 3.18. The molecule has 5 nitrogen and oxygen atoms in total. The minimum atomic E-state index is -0.909. The normalized spacial score (nSPS) is 23.6. The number of hydrogen-bond donors (Lipinski definition) is 1. The van der Waals surface area contributed by atoms with E-state index in [9.17, 15) is 9.90 Å². The average molecular weight is 348 g/mol. The Morgan fingerprint density at radius 2 is 2.15 bits per heavy atom. The van der Waals surface area contributed by atoms with E-state index < -0.39 is 11.7 Å². The van der Waals surface area contributed by atoms with Crippen LogP contribution in [-0.2, 0) is 23.3 Å². The molecule has 2 aliphatic rings. The van der Waals surface area contributed by atoms with Crippen molar-refractivity contribution < 1.29 is 9.84 Å². The second kappa shape index (κ2) is 5.25. The van der Waals surface area contributed by atoms with Crippen molar-refractivity contribution in [2.45, 2.75) is 45.1 Å². The number of aliphatic hydroxyl groups excluding tert-OH is 1. The molecule has 0 amide bonds. The van der Waals surface area contributed by atoms with E-state index in [1.54, 1.807) is 4.57 Å². The first-order valence-electron chi connectivity index (χ1n) is 8.99. The SMILES string of the molecule is CC[C@]1(C)c2cc3n(c(=O)c2COC1O)Cc1cc2ccccc2nc1-3. The van der Waals surface area contributed by atoms with Crippen LogP contribution in [-0.4, -0.2) is 20.9 Å². The fourth-order valence-corrected chi connectivity index (χ4v) is 4.21. The van der Waals surface area contributed by atoms with E-state index in [1.807, 2.05) is 44.2 Å². The number of nitrogens with zero attached hydrogens (tertiary/aromatic N) is 2. The molecule has 5 rings (SSSR count). The summed E-state index contributed by atoms with van der Waals surface area (Å²) in [6, 6.07) is 12.2. The van der Waals surface area contributed by atoms with Gasteiger partial charge in [-0.15, -0.1) is 0 Å². The van der Waals surface area contributed by atoms with Crippen molar-refractivity contribution in [2.24, 2.45) is 0 Å². The quantitative estimate of drug-likeness (QED) is 0.574. The minimum absolute atomic E-state index is 0.0360. The average Bonchev–Trinajstić information content (AvgIpc) is 3.01. The molecule has 26 heavy (non-hydrogen) atoms. The predicted molar refractivity (Wildman–Crippen MR) is 99.0 cm³/mol. The summed E-state index contributed by atoms with van der Waals surface area (Å²) < 4.78 is 7.30. The highest BCUT2D eigenvalue weighted by Gasteiger charge is 2.42. The zero-order valence-corrected chi connectivity index (χ0v) is 14.8. The largest absolute Gasteiger partial charge is 0.367 e. The van der Waals surface area contributed by atoms with Gasteiger partial charge in [0.25, 0.3) is 5.56 Å². The number of rotatable bonds is 1. The summed E-state index contributed by atoms with van der Waals surface area (Å²) in [6.07, 6.45) is -0.227. The molecule has 0 bridgehead atoms. The second-order valence-corrected chi connectivity index (χ2v) is 7.44. The standard InChI is InChI=1S/C21H20N2O3/c1-3-21(2)15-9-17-18-13(8-12-6-4-5-7-16(12)22-18)10-23(17)19(24)14(15)11-26-20(21)25/h4-9,20,25H,3,10-11H2,1-2H3/t20?,21-/m1/s1. The molecule has 0 radical (unpaired) electrons. The van der Waals surface area contributed by atoms with Crippen molar-refractivity contribution in [1.29, 1.82) is 0 Å². The van der Waals surface area contributed by atoms with Crippen LogP contribution in [0.5, 0.6) is 0 Å². The zero-order chi connectivity index (χ0) is 18.1. The van der Waals surface area contributed by atoms with E-state index in [1.165, 1.54) is 0 Å². The lowest BCUT2D eigenvalue weighted by Gasteiger charge is -2.39. The van der Waals surface area contributed by atoms with E-state index in [-0.39, 0.29) is 12.2 Å². The molecule has 4 heterocycles. The van der Waals surface area contributed by atoms with Crippen LogP contribution < -0.4 is 5.56 Å². The lowest BCUT2D eigenvalue weighted by Crippen LogP contribution is -2.45. The van der Waals surface area contributed by atoms with Gasteiger partial charge in [0.2, 0.25) is 0 Å². The fraction of sp³-hybridized carbons (Fsp3) is 0.333. The van der Waals surface area contributed by atoms with Gasteiger partial charge in [0.15, 0.2) is 6.29 Å². The molecule has 1 unspecified atom stereocenters. The number of ether oxygens (including phenoxy) is 1. The first-order chi connectivity index (χ1) is 12.5. The van der Waals surface area contributed by atoms with Gasteiger partial charge >= 0.3 is 0 Å². The summed E-state index contributed by atoms with van der Waals surface area (Å²) in [5.41, 5.74) is 4.59. The molecule has 0 aliphatic carbocycles. The van der Waals surface area contributed by atoms with Crippen molar-refractivity contribution >= 4 is 10.9 Å². The van der Waals surface area contributed by atoms with Crippen molar-refractivity contribution in [1.82, 2.24) is 9.55 Å². The van der Waals surface area contributed by atoms with Gasteiger partial charge in [-0.2, -0.15) is 0 Å². The van der Waals surface area contributed by atoms with Crippen LogP contribution in [0, 0.1) is 0 Å². The number of benzene rings is 1. The molecule has 0 spiro atoms. The Morgan fingerprint density at radius 3 is 2.96 bits per heavy atom. The Morgan fingerprint density at radius 1 is 1.35 bits per heavy atom. The lowest BCUT2D eigenvalue weighted by atomic mass is 9.76. The topological polar surface area (TPSA) is 64.3 Å². The third-order valence-electron chi connectivity index (χ3n) is 6.05. The van der Waals surface area contributed by atoms with Gasteiger partial charge in [-0.25, -0.2) is 4.98 Å². The maximum atomic E-state index is 13.2. The Labute approximate surface area is 150 Å². The van der Waals surface area contributed by atoms with Gasteiger partial charge in [0, 0.05) is 21.9 Å². The van der Waals surface area contributed by atoms with Gasteiger partial charge in [0.05, 0.1) is 30.1 Å². The van der Waals surface area contributed by atoms with Crippen molar-refractivity contribution in [2.75, 3.05) is 0 Å². The first kappa shape index (κ1) is 15.7. The molecule has 0 fully saturated rings. The van der Waals surface area contributed by atoms with Crippen LogP contribution in [0.15, 0.2) is 41.2 Å². The lowest BCUT2D eigenvalue weighted by molar-refractivity contribution is -0.163. The third kappa shape index (κ3) is 1.93. The molecule has 2 aliphatic heterocycles. The monoisotopic (exact) mass is 348 g/mol. The Balaban J connectivity index is 1.80. The van der Waals surface area contributed by atoms with Gasteiger partial charge in [-0.3, -0.25) is 4.79 Å². The number of hydrogen-bond acceptors (Lipinski definition) is 4. The third-order valence-corrected chi connectivity index (χ3v) is 6.05. The highest BCUT2D eigenvalue weighted by atomic mass is 16.6. The van der Waals surface area contributed by atoms with E-state index in [0.717, 1.165) is 33.4 Å². The summed E-state index contributed by atoms with van der Waals surface area (Å²) in [5, 5.41) is 11.5. The summed E-state index contributed by atoms with van der Waals surface area (Å²) >= 11 is 0. The summed E-state index contributed by atoms with van der Waals surface area (Å²) in [7, 11) is 0. The maximum Gasteiger partial charge on any atom is 0.257 e. The van der Waals surface area contributed by atoms with Crippen molar-refractivity contribution in [3.05, 3.63) is 63.4 Å². The van der Waals surface area contributed by atoms with E-state index >= 15 is 0 Å².